The van der Waals surface area contributed by atoms with Gasteiger partial charge in [-0.2, -0.15) is 19.3 Å². The Hall–Kier alpha value is -0.128. The Morgan fingerprint density at radius 2 is 1.97 bits per heavy atom. The van der Waals surface area contributed by atoms with Gasteiger partial charge in [0.15, 0.2) is 6.29 Å². The molecule has 1 aromatic carbocycles. The van der Waals surface area contributed by atoms with Crippen molar-refractivity contribution in [2.75, 3.05) is 0 Å². The summed E-state index contributed by atoms with van der Waals surface area (Å²) < 4.78 is 5.69. The molecule has 31 heavy (non-hydrogen) atoms. The van der Waals surface area contributed by atoms with Gasteiger partial charge in [0.2, 0.25) is 0 Å². The number of aliphatic hydroxyl groups excluding tert-OH is 1. The molecule has 0 radical (unpaired) electrons. The van der Waals surface area contributed by atoms with Gasteiger partial charge in [-0.05, 0) is 29.7 Å². The van der Waals surface area contributed by atoms with Crippen LogP contribution in [0.2, 0.25) is 5.02 Å². The molecule has 5 unspecified atom stereocenters. The number of aliphatic hydroxyl groups is 1. The fraction of sp³-hybridized carbons (Fsp3) is 0.609. The quantitative estimate of drug-likeness (QED) is 0.116. The van der Waals surface area contributed by atoms with Crippen LogP contribution in [0.4, 0.5) is 0 Å². The monoisotopic (exact) mass is 680 g/mol. The third kappa shape index (κ3) is 9.33. The summed E-state index contributed by atoms with van der Waals surface area (Å²) in [7, 11) is 0. The van der Waals surface area contributed by atoms with Crippen molar-refractivity contribution in [2.45, 2.75) is 59.4 Å². The number of carbonyl (C=O) groups is 1. The van der Waals surface area contributed by atoms with Crippen LogP contribution in [-0.2, 0) is 11.3 Å². The Morgan fingerprint density at radius 3 is 2.55 bits per heavy atom. The number of unbranched alkanes of at least 4 members (excludes halogenated alkanes) is 1. The van der Waals surface area contributed by atoms with Gasteiger partial charge in [0.25, 0.3) is 0 Å². The van der Waals surface area contributed by atoms with Crippen molar-refractivity contribution < 1.29 is 61.4 Å². The smallest absolute Gasteiger partial charge is 0.478 e. The van der Waals surface area contributed by atoms with E-state index >= 15 is 0 Å². The molecule has 1 saturated carbocycles. The summed E-state index contributed by atoms with van der Waals surface area (Å²) in [5.74, 6) is 0.745. The molecule has 1 aromatic rings. The minimum absolute atomic E-state index is 0. The molecule has 1 aliphatic rings. The molecule has 0 amide bonds. The number of halogens is 1. The molecule has 0 aromatic heterocycles. The molecule has 1 aliphatic carbocycles. The summed E-state index contributed by atoms with van der Waals surface area (Å²) in [6.45, 7) is 11.0. The molecule has 1 fully saturated rings. The van der Waals surface area contributed by atoms with Crippen molar-refractivity contribution in [1.29, 1.82) is 0 Å². The minimum atomic E-state index is -1.04. The molecule has 0 saturated heterocycles. The summed E-state index contributed by atoms with van der Waals surface area (Å²) in [5.41, 5.74) is 0.749. The number of carboxylic acid groups (broad SMARTS) is 1. The van der Waals surface area contributed by atoms with E-state index < -0.39 is 12.3 Å². The van der Waals surface area contributed by atoms with Crippen molar-refractivity contribution in [3.05, 3.63) is 47.7 Å². The summed E-state index contributed by atoms with van der Waals surface area (Å²) in [4.78, 5) is 11.2. The van der Waals surface area contributed by atoms with E-state index in [0.717, 1.165) is 25.7 Å². The predicted molar refractivity (Wildman–Crippen MR) is 117 cm³/mol. The summed E-state index contributed by atoms with van der Waals surface area (Å²) in [6.07, 6.45) is 5.73. The second-order valence-corrected chi connectivity index (χ2v) is 8.68. The first kappa shape index (κ1) is 30.9. The van der Waals surface area contributed by atoms with E-state index in [9.17, 15) is 9.90 Å². The average molecular weight is 681 g/mol. The van der Waals surface area contributed by atoms with Crippen LogP contribution in [0.3, 0.4) is 0 Å². The zero-order valence-electron chi connectivity index (χ0n) is 18.5. The topological polar surface area (TPSA) is 107 Å². The number of benzene rings is 1. The maximum atomic E-state index is 11.2. The van der Waals surface area contributed by atoms with Crippen LogP contribution >= 0.6 is 11.6 Å². The first-order valence-electron chi connectivity index (χ1n) is 10.4. The van der Waals surface area contributed by atoms with E-state index in [1.807, 2.05) is 6.92 Å². The van der Waals surface area contributed by atoms with Crippen LogP contribution in [-0.4, -0.2) is 33.0 Å². The molecular weight excluding hydrogens is 646 g/mol. The summed E-state index contributed by atoms with van der Waals surface area (Å²) in [5, 5.41) is 32.1. The first-order chi connectivity index (χ1) is 14.2. The maximum absolute atomic E-state index is 11.2. The first-order valence-corrected chi connectivity index (χ1v) is 10.8. The van der Waals surface area contributed by atoms with Crippen LogP contribution in [0.1, 0.15) is 62.4 Å². The molecule has 174 valence electrons. The van der Waals surface area contributed by atoms with Gasteiger partial charge < -0.3 is 28.3 Å². The van der Waals surface area contributed by atoms with Gasteiger partial charge in [-0.1, -0.05) is 56.5 Å². The van der Waals surface area contributed by atoms with Crippen LogP contribution in [0.15, 0.2) is 18.2 Å². The van der Waals surface area contributed by atoms with Crippen molar-refractivity contribution >= 4 is 17.6 Å². The molecule has 6 atom stereocenters. The second-order valence-electron chi connectivity index (χ2n) is 8.25. The number of hydrogen-bond acceptors (Lipinski definition) is 5. The number of carboxylic acids is 1. The van der Waals surface area contributed by atoms with Crippen LogP contribution < -0.4 is 0 Å². The van der Waals surface area contributed by atoms with E-state index in [2.05, 4.69) is 27.2 Å². The normalized spacial score (nSPS) is 24.9. The Kier molecular flexibility index (Phi) is 15.6. The van der Waals surface area contributed by atoms with Gasteiger partial charge in [0.05, 0.1) is 12.2 Å². The number of aromatic carboxylic acids is 1. The molecule has 0 spiro atoms. The fourth-order valence-corrected chi connectivity index (χ4v) is 4.79. The van der Waals surface area contributed by atoms with Gasteiger partial charge in [0.1, 0.15) is 0 Å². The van der Waals surface area contributed by atoms with Crippen molar-refractivity contribution in [1.82, 2.24) is 0 Å². The molecule has 2 rings (SSSR count). The molecule has 8 heteroatoms. The molecular formula is C23H35ClO6U. The third-order valence-corrected chi connectivity index (χ3v) is 6.54. The number of hydrogen-bond donors (Lipinski definition) is 4. The molecule has 6 nitrogen and oxygen atoms in total. The van der Waals surface area contributed by atoms with Crippen LogP contribution in [0.5, 0.6) is 0 Å². The van der Waals surface area contributed by atoms with Gasteiger partial charge in [-0.3, -0.25) is 10.5 Å². The zero-order chi connectivity index (χ0) is 22.8. The Bertz CT molecular complexity index is 659. The number of ether oxygens (including phenoxy) is 1. The molecule has 0 heterocycles. The van der Waals surface area contributed by atoms with Gasteiger partial charge in [0, 0.05) is 10.9 Å². The standard InChI is InChI=1S/C23H33ClO4.H2O2.U/c1-5-6-7-20-14(2)8-9-21(15(20)3)16(4)23(27)28-13-17-10-18(22(25)26)12-19(24)11-17;1-2;/h5,10-12,14-16,20-21,23,27H,3,6-9,13H2,1-2,4H3,(H,25,26);1-2H;/q-2;;+2/t14-,15?,16?,20?,21?,23?;;/m1../s1. The largest absolute Gasteiger partial charge is 2.00 e. The van der Waals surface area contributed by atoms with Crippen LogP contribution in [0, 0.1) is 74.0 Å². The fourth-order valence-electron chi connectivity index (χ4n) is 4.54. The van der Waals surface area contributed by atoms with Crippen molar-refractivity contribution in [3.63, 3.8) is 0 Å². The van der Waals surface area contributed by atoms with Crippen molar-refractivity contribution in [3.8, 4) is 0 Å². The zero-order valence-corrected chi connectivity index (χ0v) is 23.4. The Balaban J connectivity index is 0.00000291. The van der Waals surface area contributed by atoms with Gasteiger partial charge in [-0.25, -0.2) is 4.79 Å². The van der Waals surface area contributed by atoms with Crippen molar-refractivity contribution in [2.24, 2.45) is 29.6 Å². The third-order valence-electron chi connectivity index (χ3n) is 6.33. The molecule has 0 aliphatic heterocycles. The summed E-state index contributed by atoms with van der Waals surface area (Å²) in [6, 6.07) is 4.58. The van der Waals surface area contributed by atoms with E-state index in [1.54, 1.807) is 6.07 Å². The second kappa shape index (κ2) is 15.7. The Labute approximate surface area is 214 Å². The Morgan fingerprint density at radius 1 is 1.32 bits per heavy atom. The van der Waals surface area contributed by atoms with Gasteiger partial charge >= 0.3 is 37.1 Å². The molecule has 0 bridgehead atoms. The maximum Gasteiger partial charge on any atom is 2.00 e. The SMILES string of the molecule is OO.[CH2-]C1C(C(C)C(O)OCc2cc(Cl)cc(C(=O)O)c2)CC[C@@H](C)C1CC[CH-]C.[U+2]. The van der Waals surface area contributed by atoms with E-state index in [4.69, 9.17) is 32.0 Å². The summed E-state index contributed by atoms with van der Waals surface area (Å²) >= 11 is 5.99. The minimum Gasteiger partial charge on any atom is -0.478 e. The predicted octanol–water partition coefficient (Wildman–Crippen LogP) is 5.64. The van der Waals surface area contributed by atoms with E-state index in [1.165, 1.54) is 12.1 Å². The van der Waals surface area contributed by atoms with E-state index in [0.29, 0.717) is 34.3 Å². The molecule has 4 N–H and O–H groups in total. The number of rotatable bonds is 9. The van der Waals surface area contributed by atoms with E-state index in [-0.39, 0.29) is 49.2 Å². The van der Waals surface area contributed by atoms with Gasteiger partial charge in [-0.15, -0.1) is 0 Å². The average Bonchev–Trinajstić information content (AvgIpc) is 2.72. The van der Waals surface area contributed by atoms with Crippen LogP contribution in [0.25, 0.3) is 0 Å².